The van der Waals surface area contributed by atoms with Crippen molar-refractivity contribution in [3.8, 4) is 23.0 Å². The first kappa shape index (κ1) is 17.6. The summed E-state index contributed by atoms with van der Waals surface area (Å²) in [5, 5.41) is 18.4. The topological polar surface area (TPSA) is 85.2 Å². The number of carbonyl (C=O) groups is 1. The molecule has 0 aliphatic rings. The van der Waals surface area contributed by atoms with E-state index in [2.05, 4.69) is 4.89 Å². The van der Waals surface area contributed by atoms with Gasteiger partial charge in [-0.15, -0.1) is 0 Å². The van der Waals surface area contributed by atoms with Crippen LogP contribution in [0.25, 0.3) is 0 Å². The molecule has 0 unspecified atom stereocenters. The average Bonchev–Trinajstić information content (AvgIpc) is 2.59. The number of phenolic OH excluding ortho intramolecular Hbond substituents is 1. The third-order valence-electron chi connectivity index (χ3n) is 3.86. The lowest BCUT2D eigenvalue weighted by Crippen LogP contribution is -2.06. The summed E-state index contributed by atoms with van der Waals surface area (Å²) >= 11 is 0. The summed E-state index contributed by atoms with van der Waals surface area (Å²) in [6, 6.07) is 7.81. The summed E-state index contributed by atoms with van der Waals surface area (Å²) in [4.78, 5) is 16.6. The molecule has 0 saturated heterocycles. The molecule has 0 aliphatic heterocycles. The molecule has 0 spiro atoms. The first-order valence-corrected chi connectivity index (χ1v) is 7.39. The van der Waals surface area contributed by atoms with Crippen LogP contribution >= 0.6 is 0 Å². The quantitative estimate of drug-likeness (QED) is 0.459. The molecule has 0 atom stereocenters. The molecule has 0 saturated carbocycles. The highest BCUT2D eigenvalue weighted by atomic mass is 17.1. The number of aryl methyl sites for hydroxylation is 1. The lowest BCUT2D eigenvalue weighted by Gasteiger charge is -2.14. The lowest BCUT2D eigenvalue weighted by atomic mass is 9.99. The Bertz CT molecular complexity index is 739. The van der Waals surface area contributed by atoms with Crippen molar-refractivity contribution in [2.75, 3.05) is 14.2 Å². The molecule has 0 aliphatic carbocycles. The Morgan fingerprint density at radius 2 is 1.88 bits per heavy atom. The number of ketones is 1. The maximum Gasteiger partial charge on any atom is 0.168 e. The van der Waals surface area contributed by atoms with Gasteiger partial charge in [-0.1, -0.05) is 6.07 Å². The smallest absolute Gasteiger partial charge is 0.168 e. The van der Waals surface area contributed by atoms with Crippen LogP contribution in [0, 0.1) is 6.92 Å². The fraction of sp³-hybridized carbons (Fsp3) is 0.278. The minimum absolute atomic E-state index is 0.0350. The van der Waals surface area contributed by atoms with Crippen molar-refractivity contribution in [1.82, 2.24) is 0 Å². The lowest BCUT2D eigenvalue weighted by molar-refractivity contribution is -0.137. The minimum Gasteiger partial charge on any atom is -0.508 e. The van der Waals surface area contributed by atoms with Crippen LogP contribution in [-0.4, -0.2) is 30.4 Å². The maximum atomic E-state index is 12.5. The van der Waals surface area contributed by atoms with Gasteiger partial charge in [0.15, 0.2) is 11.5 Å². The fourth-order valence-electron chi connectivity index (χ4n) is 2.57. The second-order valence-corrected chi connectivity index (χ2v) is 5.28. The highest BCUT2D eigenvalue weighted by Gasteiger charge is 2.17. The number of Topliss-reactive ketones (excluding diaryl/α,β-unsaturated/α-hetero) is 1. The molecule has 6 nitrogen and oxygen atoms in total. The van der Waals surface area contributed by atoms with Crippen molar-refractivity contribution >= 4 is 5.78 Å². The second kappa shape index (κ2) is 7.70. The van der Waals surface area contributed by atoms with Crippen LogP contribution in [0.2, 0.25) is 0 Å². The molecule has 0 aromatic heterocycles. The summed E-state index contributed by atoms with van der Waals surface area (Å²) in [6.45, 7) is 1.83. The van der Waals surface area contributed by atoms with Crippen LogP contribution in [0.3, 0.4) is 0 Å². The van der Waals surface area contributed by atoms with Crippen LogP contribution in [0.15, 0.2) is 30.3 Å². The first-order chi connectivity index (χ1) is 11.5. The molecule has 128 valence electrons. The van der Waals surface area contributed by atoms with Gasteiger partial charge in [0.05, 0.1) is 19.8 Å². The van der Waals surface area contributed by atoms with Gasteiger partial charge in [-0.3, -0.25) is 4.79 Å². The minimum atomic E-state index is -0.0977. The van der Waals surface area contributed by atoms with Crippen LogP contribution in [0.5, 0.6) is 23.0 Å². The summed E-state index contributed by atoms with van der Waals surface area (Å²) in [5.41, 5.74) is 1.83. The number of methoxy groups -OCH3 is 2. The Labute approximate surface area is 140 Å². The van der Waals surface area contributed by atoms with E-state index in [0.29, 0.717) is 29.0 Å². The van der Waals surface area contributed by atoms with Gasteiger partial charge < -0.3 is 19.5 Å². The van der Waals surface area contributed by atoms with Crippen molar-refractivity contribution < 1.29 is 29.5 Å². The van der Waals surface area contributed by atoms with E-state index < -0.39 is 0 Å². The summed E-state index contributed by atoms with van der Waals surface area (Å²) < 4.78 is 10.6. The summed E-state index contributed by atoms with van der Waals surface area (Å²) in [5.74, 6) is 1.15. The third kappa shape index (κ3) is 3.60. The van der Waals surface area contributed by atoms with Crippen LogP contribution < -0.4 is 14.4 Å². The van der Waals surface area contributed by atoms with Gasteiger partial charge in [0.25, 0.3) is 0 Å². The van der Waals surface area contributed by atoms with Gasteiger partial charge in [-0.25, -0.2) is 5.26 Å². The van der Waals surface area contributed by atoms with E-state index in [0.717, 1.165) is 5.56 Å². The predicted molar refractivity (Wildman–Crippen MR) is 88.3 cm³/mol. The molecule has 0 amide bonds. The normalized spacial score (nSPS) is 10.3. The van der Waals surface area contributed by atoms with E-state index in [1.807, 2.05) is 6.92 Å². The van der Waals surface area contributed by atoms with E-state index in [1.165, 1.54) is 19.2 Å². The number of aromatic hydroxyl groups is 1. The molecular formula is C18H20O6. The van der Waals surface area contributed by atoms with E-state index >= 15 is 0 Å². The van der Waals surface area contributed by atoms with E-state index in [4.69, 9.17) is 14.7 Å². The Hall–Kier alpha value is -2.73. The number of phenols is 1. The average molecular weight is 332 g/mol. The number of benzene rings is 2. The largest absolute Gasteiger partial charge is 0.508 e. The molecule has 2 aromatic rings. The van der Waals surface area contributed by atoms with Crippen LogP contribution in [0.4, 0.5) is 0 Å². The number of rotatable bonds is 7. The number of hydrogen-bond donors (Lipinski definition) is 2. The zero-order valence-electron chi connectivity index (χ0n) is 13.8. The Morgan fingerprint density at radius 3 is 2.46 bits per heavy atom. The molecule has 2 aromatic carbocycles. The molecule has 0 heterocycles. The van der Waals surface area contributed by atoms with Crippen molar-refractivity contribution in [2.45, 2.75) is 19.8 Å². The number of hydrogen-bond acceptors (Lipinski definition) is 6. The number of carbonyl (C=O) groups excluding carboxylic acids is 1. The standard InChI is InChI=1S/C18H20O6/c1-11-17(22-2)9-7-14(18(11)23-3)15(19)8-5-12-4-6-13(24-21)10-16(12)20/h4,6-7,9-10,20-21H,5,8H2,1-3H3. The maximum absolute atomic E-state index is 12.5. The Balaban J connectivity index is 2.17. The monoisotopic (exact) mass is 332 g/mol. The van der Waals surface area contributed by atoms with Crippen molar-refractivity contribution in [1.29, 1.82) is 0 Å². The van der Waals surface area contributed by atoms with Gasteiger partial charge in [0.1, 0.15) is 17.2 Å². The van der Waals surface area contributed by atoms with Gasteiger partial charge >= 0.3 is 0 Å². The highest BCUT2D eigenvalue weighted by Crippen LogP contribution is 2.32. The Kier molecular flexibility index (Phi) is 5.65. The third-order valence-corrected chi connectivity index (χ3v) is 3.86. The van der Waals surface area contributed by atoms with Crippen molar-refractivity contribution in [3.63, 3.8) is 0 Å². The van der Waals surface area contributed by atoms with E-state index in [9.17, 15) is 9.90 Å². The molecular weight excluding hydrogens is 312 g/mol. The molecule has 0 bridgehead atoms. The van der Waals surface area contributed by atoms with Crippen LogP contribution in [-0.2, 0) is 6.42 Å². The molecule has 6 heteroatoms. The predicted octanol–water partition coefficient (Wildman–Crippen LogP) is 3.39. The highest BCUT2D eigenvalue weighted by molar-refractivity contribution is 5.99. The molecule has 2 rings (SSSR count). The zero-order chi connectivity index (χ0) is 17.7. The Morgan fingerprint density at radius 1 is 1.12 bits per heavy atom. The first-order valence-electron chi connectivity index (χ1n) is 7.39. The summed E-state index contributed by atoms with van der Waals surface area (Å²) in [6.07, 6.45) is 0.555. The SMILES string of the molecule is COc1ccc(C(=O)CCc2ccc(OO)cc2O)c(OC)c1C. The molecule has 2 N–H and O–H groups in total. The van der Waals surface area contributed by atoms with Crippen LogP contribution in [0.1, 0.15) is 27.9 Å². The van der Waals surface area contributed by atoms with Gasteiger partial charge in [0, 0.05) is 18.1 Å². The second-order valence-electron chi connectivity index (χ2n) is 5.28. The molecule has 0 radical (unpaired) electrons. The van der Waals surface area contributed by atoms with Gasteiger partial charge in [-0.2, -0.15) is 0 Å². The zero-order valence-corrected chi connectivity index (χ0v) is 13.8. The van der Waals surface area contributed by atoms with Crippen molar-refractivity contribution in [3.05, 3.63) is 47.0 Å². The fourth-order valence-corrected chi connectivity index (χ4v) is 2.57. The van der Waals surface area contributed by atoms with Gasteiger partial charge in [-0.05, 0) is 37.1 Å². The number of ether oxygens (including phenoxy) is 2. The van der Waals surface area contributed by atoms with Gasteiger partial charge in [0.2, 0.25) is 0 Å². The van der Waals surface area contributed by atoms with Crippen molar-refractivity contribution in [2.24, 2.45) is 0 Å². The molecule has 24 heavy (non-hydrogen) atoms. The molecule has 0 fully saturated rings. The summed E-state index contributed by atoms with van der Waals surface area (Å²) in [7, 11) is 3.07. The van der Waals surface area contributed by atoms with E-state index in [-0.39, 0.29) is 23.7 Å². The van der Waals surface area contributed by atoms with E-state index in [1.54, 1.807) is 25.3 Å².